The van der Waals surface area contributed by atoms with Crippen molar-refractivity contribution in [3.63, 3.8) is 0 Å². The van der Waals surface area contributed by atoms with E-state index >= 15 is 0 Å². The van der Waals surface area contributed by atoms with Gasteiger partial charge >= 0.3 is 0 Å². The van der Waals surface area contributed by atoms with Gasteiger partial charge < -0.3 is 5.32 Å². The van der Waals surface area contributed by atoms with Crippen LogP contribution in [-0.2, 0) is 0 Å². The Morgan fingerprint density at radius 1 is 1.33 bits per heavy atom. The molecule has 0 aromatic carbocycles. The second kappa shape index (κ2) is 4.98. The van der Waals surface area contributed by atoms with Gasteiger partial charge in [0.2, 0.25) is 5.96 Å². The first-order valence-corrected chi connectivity index (χ1v) is 4.56. The van der Waals surface area contributed by atoms with Gasteiger partial charge in [0.15, 0.2) is 0 Å². The van der Waals surface area contributed by atoms with Crippen LogP contribution in [0.15, 0.2) is 4.99 Å². The molecule has 4 N–H and O–H groups in total. The van der Waals surface area contributed by atoms with Crippen LogP contribution in [0.1, 0.15) is 32.1 Å². The first kappa shape index (κ1) is 9.32. The van der Waals surface area contributed by atoms with E-state index in [1.807, 2.05) is 0 Å². The van der Waals surface area contributed by atoms with E-state index in [1.54, 1.807) is 7.05 Å². The monoisotopic (exact) mass is 170 g/mol. The summed E-state index contributed by atoms with van der Waals surface area (Å²) in [7, 11) is 1.73. The average Bonchev–Trinajstić information content (AvgIpc) is 2.16. The maximum absolute atomic E-state index is 5.26. The molecule has 0 radical (unpaired) electrons. The molecule has 0 aliphatic heterocycles. The van der Waals surface area contributed by atoms with E-state index in [1.165, 1.54) is 32.1 Å². The van der Waals surface area contributed by atoms with Crippen molar-refractivity contribution in [3.05, 3.63) is 0 Å². The van der Waals surface area contributed by atoms with Crippen molar-refractivity contribution in [2.24, 2.45) is 10.8 Å². The van der Waals surface area contributed by atoms with E-state index in [2.05, 4.69) is 15.7 Å². The number of nitrogens with zero attached hydrogens (tertiary/aromatic N) is 1. The standard InChI is InChI=1S/C8H18N4/c1-10-8(12-9)11-7-5-3-2-4-6-7/h7H,2-6,9H2,1H3,(H2,10,11,12). The molecule has 1 saturated carbocycles. The second-order valence-corrected chi connectivity index (χ2v) is 3.20. The Balaban J connectivity index is 2.28. The predicted octanol–water partition coefficient (Wildman–Crippen LogP) is 0.358. The SMILES string of the molecule is CN=C(NN)NC1CCCCC1. The highest BCUT2D eigenvalue weighted by Gasteiger charge is 2.13. The molecule has 12 heavy (non-hydrogen) atoms. The maximum Gasteiger partial charge on any atom is 0.205 e. The molecule has 70 valence electrons. The molecular weight excluding hydrogens is 152 g/mol. The zero-order valence-electron chi connectivity index (χ0n) is 7.64. The van der Waals surface area contributed by atoms with Gasteiger partial charge in [0.25, 0.3) is 0 Å². The number of nitrogens with two attached hydrogens (primary N) is 1. The molecule has 0 aromatic heterocycles. The summed E-state index contributed by atoms with van der Waals surface area (Å²) in [4.78, 5) is 3.97. The van der Waals surface area contributed by atoms with Crippen LogP contribution in [0.25, 0.3) is 0 Å². The van der Waals surface area contributed by atoms with Gasteiger partial charge in [0, 0.05) is 13.1 Å². The number of rotatable bonds is 1. The number of aliphatic imine (C=N–C) groups is 1. The Kier molecular flexibility index (Phi) is 3.87. The summed E-state index contributed by atoms with van der Waals surface area (Å²) in [5, 5.41) is 3.27. The van der Waals surface area contributed by atoms with Crippen molar-refractivity contribution in [1.29, 1.82) is 0 Å². The predicted molar refractivity (Wildman–Crippen MR) is 50.7 cm³/mol. The Labute approximate surface area is 73.6 Å². The van der Waals surface area contributed by atoms with E-state index in [0.29, 0.717) is 12.0 Å². The molecule has 0 spiro atoms. The van der Waals surface area contributed by atoms with Crippen LogP contribution in [0.3, 0.4) is 0 Å². The van der Waals surface area contributed by atoms with Gasteiger partial charge in [-0.05, 0) is 12.8 Å². The van der Waals surface area contributed by atoms with Crippen LogP contribution in [0, 0.1) is 0 Å². The van der Waals surface area contributed by atoms with Crippen molar-refractivity contribution in [1.82, 2.24) is 10.7 Å². The smallest absolute Gasteiger partial charge is 0.205 e. The van der Waals surface area contributed by atoms with Crippen molar-refractivity contribution in [2.75, 3.05) is 7.05 Å². The molecule has 0 saturated heterocycles. The fourth-order valence-corrected chi connectivity index (χ4v) is 1.61. The van der Waals surface area contributed by atoms with E-state index < -0.39 is 0 Å². The van der Waals surface area contributed by atoms with Crippen molar-refractivity contribution in [3.8, 4) is 0 Å². The molecule has 0 bridgehead atoms. The minimum absolute atomic E-state index is 0.563. The molecule has 0 unspecified atom stereocenters. The van der Waals surface area contributed by atoms with Crippen LogP contribution in [0.5, 0.6) is 0 Å². The first-order valence-electron chi connectivity index (χ1n) is 4.56. The number of guanidine groups is 1. The van der Waals surface area contributed by atoms with Crippen LogP contribution < -0.4 is 16.6 Å². The molecule has 0 heterocycles. The Hall–Kier alpha value is -0.770. The summed E-state index contributed by atoms with van der Waals surface area (Å²) in [6.45, 7) is 0. The quantitative estimate of drug-likeness (QED) is 0.230. The molecule has 0 atom stereocenters. The number of hydrogen-bond donors (Lipinski definition) is 3. The van der Waals surface area contributed by atoms with Crippen LogP contribution >= 0.6 is 0 Å². The van der Waals surface area contributed by atoms with Gasteiger partial charge in [0.1, 0.15) is 0 Å². The van der Waals surface area contributed by atoms with Crippen molar-refractivity contribution in [2.45, 2.75) is 38.1 Å². The lowest BCUT2D eigenvalue weighted by Gasteiger charge is -2.23. The van der Waals surface area contributed by atoms with Crippen LogP contribution in [0.4, 0.5) is 0 Å². The van der Waals surface area contributed by atoms with E-state index in [0.717, 1.165) is 0 Å². The Bertz CT molecular complexity index is 149. The molecule has 1 fully saturated rings. The Morgan fingerprint density at radius 2 is 2.00 bits per heavy atom. The molecule has 1 aliphatic rings. The fourth-order valence-electron chi connectivity index (χ4n) is 1.61. The molecule has 1 rings (SSSR count). The van der Waals surface area contributed by atoms with Gasteiger partial charge in [-0.25, -0.2) is 5.84 Å². The molecule has 0 amide bonds. The van der Waals surface area contributed by atoms with Crippen LogP contribution in [-0.4, -0.2) is 19.0 Å². The summed E-state index contributed by atoms with van der Waals surface area (Å²) in [5.41, 5.74) is 2.54. The Morgan fingerprint density at radius 3 is 2.50 bits per heavy atom. The molecular formula is C8H18N4. The lowest BCUT2D eigenvalue weighted by Crippen LogP contribution is -2.46. The maximum atomic E-state index is 5.26. The third-order valence-corrected chi connectivity index (χ3v) is 2.31. The molecule has 0 aromatic rings. The minimum Gasteiger partial charge on any atom is -0.353 e. The van der Waals surface area contributed by atoms with E-state index in [-0.39, 0.29) is 0 Å². The molecule has 4 nitrogen and oxygen atoms in total. The lowest BCUT2D eigenvalue weighted by atomic mass is 9.96. The number of hydrogen-bond acceptors (Lipinski definition) is 2. The summed E-state index contributed by atoms with van der Waals surface area (Å²) < 4.78 is 0. The third kappa shape index (κ3) is 2.70. The van der Waals surface area contributed by atoms with E-state index in [9.17, 15) is 0 Å². The van der Waals surface area contributed by atoms with E-state index in [4.69, 9.17) is 5.84 Å². The zero-order chi connectivity index (χ0) is 8.81. The first-order chi connectivity index (χ1) is 5.86. The van der Waals surface area contributed by atoms with Crippen LogP contribution in [0.2, 0.25) is 0 Å². The fraction of sp³-hybridized carbons (Fsp3) is 0.875. The zero-order valence-corrected chi connectivity index (χ0v) is 7.64. The normalized spacial score (nSPS) is 20.7. The lowest BCUT2D eigenvalue weighted by molar-refractivity contribution is 0.410. The van der Waals surface area contributed by atoms with Gasteiger partial charge in [-0.1, -0.05) is 19.3 Å². The third-order valence-electron chi connectivity index (χ3n) is 2.31. The molecule has 1 aliphatic carbocycles. The summed E-state index contributed by atoms with van der Waals surface area (Å²) in [6.07, 6.45) is 6.48. The van der Waals surface area contributed by atoms with Crippen molar-refractivity contribution >= 4 is 5.96 Å². The van der Waals surface area contributed by atoms with Gasteiger partial charge in [-0.2, -0.15) is 0 Å². The highest BCUT2D eigenvalue weighted by molar-refractivity contribution is 5.79. The topological polar surface area (TPSA) is 62.4 Å². The highest BCUT2D eigenvalue weighted by atomic mass is 15.3. The summed E-state index contributed by atoms with van der Waals surface area (Å²) in [5.74, 6) is 5.95. The van der Waals surface area contributed by atoms with Gasteiger partial charge in [-0.15, -0.1) is 0 Å². The van der Waals surface area contributed by atoms with Gasteiger partial charge in [0.05, 0.1) is 0 Å². The largest absolute Gasteiger partial charge is 0.353 e. The summed E-state index contributed by atoms with van der Waals surface area (Å²) in [6, 6.07) is 0.563. The number of nitrogens with one attached hydrogen (secondary N) is 2. The minimum atomic E-state index is 0.563. The number of hydrazine groups is 1. The second-order valence-electron chi connectivity index (χ2n) is 3.20. The average molecular weight is 170 g/mol. The highest BCUT2D eigenvalue weighted by Crippen LogP contribution is 2.16. The summed E-state index contributed by atoms with van der Waals surface area (Å²) >= 11 is 0. The van der Waals surface area contributed by atoms with Crippen molar-refractivity contribution < 1.29 is 0 Å². The molecule has 4 heteroatoms. The van der Waals surface area contributed by atoms with Gasteiger partial charge in [-0.3, -0.25) is 10.4 Å².